The van der Waals surface area contributed by atoms with Crippen molar-refractivity contribution >= 4 is 44.5 Å². The Morgan fingerprint density at radius 3 is 2.67 bits per heavy atom. The molecule has 15 heavy (non-hydrogen) atoms. The van der Waals surface area contributed by atoms with Gasteiger partial charge in [-0.15, -0.1) is 0 Å². The molecule has 0 saturated heterocycles. The lowest BCUT2D eigenvalue weighted by Crippen LogP contribution is -2.24. The topological polar surface area (TPSA) is 39.2 Å². The fourth-order valence-corrected chi connectivity index (χ4v) is 1.73. The van der Waals surface area contributed by atoms with Crippen molar-refractivity contribution in [3.63, 3.8) is 0 Å². The summed E-state index contributed by atoms with van der Waals surface area (Å²) >= 11 is 5.32. The van der Waals surface area contributed by atoms with Crippen molar-refractivity contribution in [2.75, 3.05) is 0 Å². The van der Waals surface area contributed by atoms with Gasteiger partial charge < -0.3 is 4.74 Å². The Bertz CT molecular complexity index is 387. The molecular weight excluding hydrogens is 373 g/mol. The number of ether oxygens (including phenoxy) is 1. The Morgan fingerprint density at radius 1 is 1.53 bits per heavy atom. The second-order valence-electron chi connectivity index (χ2n) is 3.99. The molecule has 0 aliphatic carbocycles. The Balaban J connectivity index is 2.96. The monoisotopic (exact) mass is 383 g/mol. The summed E-state index contributed by atoms with van der Waals surface area (Å²) in [7, 11) is 0. The highest BCUT2D eigenvalue weighted by Crippen LogP contribution is 2.20. The first-order chi connectivity index (χ1) is 6.79. The van der Waals surface area contributed by atoms with Crippen LogP contribution in [0.4, 0.5) is 0 Å². The van der Waals surface area contributed by atoms with E-state index in [2.05, 4.69) is 43.5 Å². The fraction of sp³-hybridized carbons (Fsp3) is 0.400. The van der Waals surface area contributed by atoms with Crippen molar-refractivity contribution < 1.29 is 9.53 Å². The van der Waals surface area contributed by atoms with E-state index in [9.17, 15) is 4.79 Å². The van der Waals surface area contributed by atoms with Crippen LogP contribution in [0.3, 0.4) is 0 Å². The van der Waals surface area contributed by atoms with Gasteiger partial charge in [0.15, 0.2) is 0 Å². The van der Waals surface area contributed by atoms with Crippen LogP contribution in [0.25, 0.3) is 0 Å². The lowest BCUT2D eigenvalue weighted by atomic mass is 10.2. The zero-order valence-corrected chi connectivity index (χ0v) is 12.4. The minimum absolute atomic E-state index is 0.361. The van der Waals surface area contributed by atoms with E-state index in [1.54, 1.807) is 12.3 Å². The molecule has 1 aromatic rings. The molecule has 0 atom stereocenters. The maximum Gasteiger partial charge on any atom is 0.341 e. The van der Waals surface area contributed by atoms with Crippen LogP contribution in [-0.2, 0) is 4.74 Å². The van der Waals surface area contributed by atoms with E-state index in [0.717, 1.165) is 3.57 Å². The maximum absolute atomic E-state index is 11.7. The standard InChI is InChI=1S/C10H11BrINO2/c1-10(2,3)15-9(14)7-4-6(12)5-13-8(7)11/h4-5H,1-3H3. The highest BCUT2D eigenvalue weighted by molar-refractivity contribution is 14.1. The van der Waals surface area contributed by atoms with Crippen LogP contribution in [0.15, 0.2) is 16.9 Å². The number of esters is 1. The predicted molar refractivity (Wildman–Crippen MR) is 69.8 cm³/mol. The van der Waals surface area contributed by atoms with Gasteiger partial charge in [0.25, 0.3) is 0 Å². The molecule has 0 radical (unpaired) electrons. The smallest absolute Gasteiger partial charge is 0.341 e. The van der Waals surface area contributed by atoms with Crippen LogP contribution in [-0.4, -0.2) is 16.6 Å². The molecule has 82 valence electrons. The van der Waals surface area contributed by atoms with E-state index in [1.807, 2.05) is 20.8 Å². The van der Waals surface area contributed by atoms with Gasteiger partial charge in [0.05, 0.1) is 5.56 Å². The second-order valence-corrected chi connectivity index (χ2v) is 5.99. The molecule has 0 aliphatic rings. The number of aromatic nitrogens is 1. The molecule has 1 rings (SSSR count). The van der Waals surface area contributed by atoms with Gasteiger partial charge in [0.1, 0.15) is 10.2 Å². The number of carbonyl (C=O) groups excluding carboxylic acids is 1. The molecule has 1 heterocycles. The van der Waals surface area contributed by atoms with Crippen molar-refractivity contribution in [2.45, 2.75) is 26.4 Å². The second kappa shape index (κ2) is 4.78. The van der Waals surface area contributed by atoms with Gasteiger partial charge in [0, 0.05) is 9.77 Å². The van der Waals surface area contributed by atoms with E-state index >= 15 is 0 Å². The molecule has 1 aromatic heterocycles. The van der Waals surface area contributed by atoms with Gasteiger partial charge in [-0.25, -0.2) is 9.78 Å². The zero-order chi connectivity index (χ0) is 11.6. The third-order valence-electron chi connectivity index (χ3n) is 1.42. The number of hydrogen-bond donors (Lipinski definition) is 0. The van der Waals surface area contributed by atoms with Gasteiger partial charge in [0.2, 0.25) is 0 Å². The molecule has 3 nitrogen and oxygen atoms in total. The SMILES string of the molecule is CC(C)(C)OC(=O)c1cc(I)cnc1Br. The first kappa shape index (κ1) is 12.9. The lowest BCUT2D eigenvalue weighted by Gasteiger charge is -2.19. The third kappa shape index (κ3) is 4.06. The normalized spacial score (nSPS) is 11.3. The molecule has 0 unspecified atom stereocenters. The van der Waals surface area contributed by atoms with Gasteiger partial charge in [-0.1, -0.05) is 0 Å². The quantitative estimate of drug-likeness (QED) is 0.424. The predicted octanol–water partition coefficient (Wildman–Crippen LogP) is 3.40. The average Bonchev–Trinajstić information content (AvgIpc) is 2.06. The van der Waals surface area contributed by atoms with Crippen LogP contribution in [0.5, 0.6) is 0 Å². The van der Waals surface area contributed by atoms with Crippen molar-refractivity contribution in [1.82, 2.24) is 4.98 Å². The van der Waals surface area contributed by atoms with Gasteiger partial charge >= 0.3 is 5.97 Å². The summed E-state index contributed by atoms with van der Waals surface area (Å²) in [6.45, 7) is 5.50. The van der Waals surface area contributed by atoms with Crippen molar-refractivity contribution in [1.29, 1.82) is 0 Å². The van der Waals surface area contributed by atoms with E-state index in [-0.39, 0.29) is 5.97 Å². The molecule has 0 spiro atoms. The summed E-state index contributed by atoms with van der Waals surface area (Å²) in [5, 5.41) is 0. The summed E-state index contributed by atoms with van der Waals surface area (Å²) in [4.78, 5) is 15.8. The number of carbonyl (C=O) groups is 1. The number of pyridine rings is 1. The molecule has 0 bridgehead atoms. The van der Waals surface area contributed by atoms with Crippen LogP contribution in [0, 0.1) is 3.57 Å². The lowest BCUT2D eigenvalue weighted by molar-refractivity contribution is 0.00678. The van der Waals surface area contributed by atoms with Crippen LogP contribution >= 0.6 is 38.5 Å². The summed E-state index contributed by atoms with van der Waals surface area (Å²) in [5.74, 6) is -0.361. The van der Waals surface area contributed by atoms with Crippen LogP contribution in [0.2, 0.25) is 0 Å². The molecule has 0 aliphatic heterocycles. The highest BCUT2D eigenvalue weighted by atomic mass is 127. The fourth-order valence-electron chi connectivity index (χ4n) is 0.899. The minimum Gasteiger partial charge on any atom is -0.456 e. The van der Waals surface area contributed by atoms with Crippen LogP contribution < -0.4 is 0 Å². The minimum atomic E-state index is -0.488. The Labute approximate surface area is 111 Å². The van der Waals surface area contributed by atoms with Gasteiger partial charge in [-0.2, -0.15) is 0 Å². The first-order valence-electron chi connectivity index (χ1n) is 4.34. The average molecular weight is 384 g/mol. The summed E-state index contributed by atoms with van der Waals surface area (Å²) < 4.78 is 6.66. The molecule has 0 N–H and O–H groups in total. The molecule has 0 amide bonds. The van der Waals surface area contributed by atoms with Crippen molar-refractivity contribution in [3.05, 3.63) is 26.0 Å². The largest absolute Gasteiger partial charge is 0.456 e. The summed E-state index contributed by atoms with van der Waals surface area (Å²) in [6, 6.07) is 1.74. The molecule has 0 aromatic carbocycles. The number of halogens is 2. The third-order valence-corrected chi connectivity index (χ3v) is 2.65. The summed E-state index contributed by atoms with van der Waals surface area (Å²) in [6.07, 6.45) is 1.68. The van der Waals surface area contributed by atoms with Crippen LogP contribution in [0.1, 0.15) is 31.1 Å². The van der Waals surface area contributed by atoms with Crippen molar-refractivity contribution in [3.8, 4) is 0 Å². The Morgan fingerprint density at radius 2 is 2.13 bits per heavy atom. The van der Waals surface area contributed by atoms with E-state index in [1.165, 1.54) is 0 Å². The molecule has 0 saturated carbocycles. The zero-order valence-electron chi connectivity index (χ0n) is 8.67. The Hall–Kier alpha value is -0.170. The van der Waals surface area contributed by atoms with Gasteiger partial charge in [-0.05, 0) is 65.4 Å². The molecule has 5 heteroatoms. The maximum atomic E-state index is 11.7. The Kier molecular flexibility index (Phi) is 4.11. The van der Waals surface area contributed by atoms with E-state index < -0.39 is 5.60 Å². The number of hydrogen-bond acceptors (Lipinski definition) is 3. The summed E-state index contributed by atoms with van der Waals surface area (Å²) in [5.41, 5.74) is -0.0329. The molecule has 0 fully saturated rings. The highest BCUT2D eigenvalue weighted by Gasteiger charge is 2.20. The number of rotatable bonds is 1. The molecular formula is C10H11BrINO2. The van der Waals surface area contributed by atoms with Gasteiger partial charge in [-0.3, -0.25) is 0 Å². The van der Waals surface area contributed by atoms with Crippen molar-refractivity contribution in [2.24, 2.45) is 0 Å². The number of nitrogens with zero attached hydrogens (tertiary/aromatic N) is 1. The first-order valence-corrected chi connectivity index (χ1v) is 6.21. The van der Waals surface area contributed by atoms with E-state index in [4.69, 9.17) is 4.74 Å². The van der Waals surface area contributed by atoms with E-state index in [0.29, 0.717) is 10.2 Å².